The number of fused-ring (bicyclic) bond motifs is 1. The number of aliphatic hydroxyl groups is 1. The smallest absolute Gasteiger partial charge is 0.257 e. The Morgan fingerprint density at radius 2 is 2.00 bits per heavy atom. The molecule has 1 fully saturated rings. The highest BCUT2D eigenvalue weighted by atomic mass is 32.1. The minimum absolute atomic E-state index is 0.000774. The number of hydrogen-bond donors (Lipinski definition) is 2. The third kappa shape index (κ3) is 5.16. The summed E-state index contributed by atoms with van der Waals surface area (Å²) in [6.45, 7) is 6.11. The summed E-state index contributed by atoms with van der Waals surface area (Å²) in [4.78, 5) is 25.5. The van der Waals surface area contributed by atoms with Crippen molar-refractivity contribution in [2.24, 2.45) is 0 Å². The first-order valence-electron chi connectivity index (χ1n) is 12.3. The zero-order chi connectivity index (χ0) is 25.9. The molecule has 0 aliphatic carbocycles. The molecule has 8 nitrogen and oxygen atoms in total. The Morgan fingerprint density at radius 3 is 2.76 bits per heavy atom. The maximum Gasteiger partial charge on any atom is 0.257 e. The van der Waals surface area contributed by atoms with Gasteiger partial charge in [0.25, 0.3) is 5.91 Å². The van der Waals surface area contributed by atoms with E-state index < -0.39 is 0 Å². The summed E-state index contributed by atoms with van der Waals surface area (Å²) in [6.07, 6.45) is 0. The predicted octanol–water partition coefficient (Wildman–Crippen LogP) is 4.81. The number of nitrogens with one attached hydrogen (secondary N) is 1. The van der Waals surface area contributed by atoms with E-state index in [0.717, 1.165) is 27.0 Å². The number of anilines is 1. The van der Waals surface area contributed by atoms with Crippen LogP contribution >= 0.6 is 11.3 Å². The first-order chi connectivity index (χ1) is 18.0. The van der Waals surface area contributed by atoms with Crippen LogP contribution in [0.2, 0.25) is 0 Å². The summed E-state index contributed by atoms with van der Waals surface area (Å²) >= 11 is 1.66. The molecule has 0 bridgehead atoms. The summed E-state index contributed by atoms with van der Waals surface area (Å²) in [5, 5.41) is 16.2. The Labute approximate surface area is 219 Å². The largest absolute Gasteiger partial charge is 0.496 e. The molecule has 192 valence electrons. The molecule has 37 heavy (non-hydrogen) atoms. The number of benzene rings is 2. The van der Waals surface area contributed by atoms with E-state index in [0.29, 0.717) is 54.8 Å². The van der Waals surface area contributed by atoms with Crippen molar-refractivity contribution < 1.29 is 19.4 Å². The second-order valence-electron chi connectivity index (χ2n) is 9.01. The van der Waals surface area contributed by atoms with Gasteiger partial charge in [-0.3, -0.25) is 4.79 Å². The molecule has 1 atom stereocenters. The van der Waals surface area contributed by atoms with Crippen LogP contribution in [0.15, 0.2) is 47.8 Å². The molecule has 2 aromatic carbocycles. The maximum absolute atomic E-state index is 13.2. The summed E-state index contributed by atoms with van der Waals surface area (Å²) in [7, 11) is 1.57. The number of aryl methyl sites for hydroxylation is 1. The van der Waals surface area contributed by atoms with E-state index in [2.05, 4.69) is 33.7 Å². The van der Waals surface area contributed by atoms with E-state index in [9.17, 15) is 9.90 Å². The van der Waals surface area contributed by atoms with Crippen molar-refractivity contribution >= 4 is 34.0 Å². The highest BCUT2D eigenvalue weighted by molar-refractivity contribution is 7.10. The van der Waals surface area contributed by atoms with E-state index in [1.807, 2.05) is 37.3 Å². The van der Waals surface area contributed by atoms with Crippen LogP contribution in [-0.2, 0) is 11.3 Å². The van der Waals surface area contributed by atoms with Gasteiger partial charge in [0.15, 0.2) is 0 Å². The predicted molar refractivity (Wildman–Crippen MR) is 145 cm³/mol. The Hall–Kier alpha value is -3.53. The lowest BCUT2D eigenvalue weighted by molar-refractivity contribution is 0.0301. The number of methoxy groups -OCH3 is 1. The number of hydrogen-bond acceptors (Lipinski definition) is 8. The first kappa shape index (κ1) is 25.1. The molecule has 0 spiro atoms. The number of thiophene rings is 1. The Kier molecular flexibility index (Phi) is 7.36. The summed E-state index contributed by atoms with van der Waals surface area (Å²) in [5.74, 6) is 1.70. The zero-order valence-electron chi connectivity index (χ0n) is 21.2. The highest BCUT2D eigenvalue weighted by Crippen LogP contribution is 2.35. The molecular weight excluding hydrogens is 488 g/mol. The quantitative estimate of drug-likeness (QED) is 0.362. The Balaban J connectivity index is 1.46. The molecule has 1 aliphatic heterocycles. The van der Waals surface area contributed by atoms with Gasteiger partial charge in [0, 0.05) is 23.4 Å². The van der Waals surface area contributed by atoms with Crippen LogP contribution in [0.4, 0.5) is 5.82 Å². The number of amides is 1. The summed E-state index contributed by atoms with van der Waals surface area (Å²) < 4.78 is 11.0. The summed E-state index contributed by atoms with van der Waals surface area (Å²) in [5.41, 5.74) is 4.18. The lowest BCUT2D eigenvalue weighted by Gasteiger charge is -2.27. The fraction of sp³-hybridized carbons (Fsp3) is 0.321. The SMILES string of the molecule is COc1cc2c(NC(C)c3cc(-c4ccccc4CO)cs3)nc(C)nc2cc1C(=O)N1CCOCC1. The van der Waals surface area contributed by atoms with Gasteiger partial charge in [-0.2, -0.15) is 0 Å². The van der Waals surface area contributed by atoms with E-state index in [4.69, 9.17) is 9.47 Å². The molecule has 5 rings (SSSR count). The minimum Gasteiger partial charge on any atom is -0.496 e. The third-order valence-electron chi connectivity index (χ3n) is 6.56. The van der Waals surface area contributed by atoms with E-state index in [1.54, 1.807) is 29.4 Å². The first-order valence-corrected chi connectivity index (χ1v) is 13.1. The van der Waals surface area contributed by atoms with Crippen molar-refractivity contribution in [1.29, 1.82) is 0 Å². The van der Waals surface area contributed by atoms with Crippen LogP contribution in [0.3, 0.4) is 0 Å². The van der Waals surface area contributed by atoms with Gasteiger partial charge in [0.1, 0.15) is 17.4 Å². The van der Waals surface area contributed by atoms with Gasteiger partial charge in [0.2, 0.25) is 0 Å². The van der Waals surface area contributed by atoms with Crippen LogP contribution in [0.5, 0.6) is 5.75 Å². The minimum atomic E-state index is -0.0875. The van der Waals surface area contributed by atoms with Gasteiger partial charge < -0.3 is 24.8 Å². The number of ether oxygens (including phenoxy) is 2. The number of carbonyl (C=O) groups excluding carboxylic acids is 1. The van der Waals surface area contributed by atoms with Crippen LogP contribution in [-0.4, -0.2) is 59.3 Å². The molecule has 3 heterocycles. The molecule has 0 radical (unpaired) electrons. The second kappa shape index (κ2) is 10.8. The molecule has 4 aromatic rings. The van der Waals surface area contributed by atoms with Crippen LogP contribution in [0, 0.1) is 6.92 Å². The third-order valence-corrected chi connectivity index (χ3v) is 7.67. The maximum atomic E-state index is 13.2. The number of aromatic nitrogens is 2. The van der Waals surface area contributed by atoms with E-state index >= 15 is 0 Å². The Bertz CT molecular complexity index is 1430. The highest BCUT2D eigenvalue weighted by Gasteiger charge is 2.24. The number of rotatable bonds is 7. The van der Waals surface area contributed by atoms with Crippen molar-refractivity contribution in [1.82, 2.24) is 14.9 Å². The number of carbonyl (C=O) groups is 1. The average Bonchev–Trinajstić information content (AvgIpc) is 3.43. The molecule has 1 unspecified atom stereocenters. The molecular formula is C28H30N4O4S. The number of morpholine rings is 1. The fourth-order valence-electron chi connectivity index (χ4n) is 4.59. The monoisotopic (exact) mass is 518 g/mol. The van der Waals surface area contributed by atoms with Crippen LogP contribution in [0.25, 0.3) is 22.0 Å². The van der Waals surface area contributed by atoms with Gasteiger partial charge in [-0.1, -0.05) is 24.3 Å². The van der Waals surface area contributed by atoms with Gasteiger partial charge in [-0.25, -0.2) is 9.97 Å². The summed E-state index contributed by atoms with van der Waals surface area (Å²) in [6, 6.07) is 13.6. The molecule has 1 amide bonds. The average molecular weight is 519 g/mol. The van der Waals surface area contributed by atoms with Crippen LogP contribution in [0.1, 0.15) is 39.6 Å². The molecule has 0 saturated carbocycles. The molecule has 1 saturated heterocycles. The van der Waals surface area contributed by atoms with Crippen molar-refractivity contribution in [3.8, 4) is 16.9 Å². The topological polar surface area (TPSA) is 96.8 Å². The van der Waals surface area contributed by atoms with Gasteiger partial charge in [-0.15, -0.1) is 11.3 Å². The van der Waals surface area contributed by atoms with Crippen molar-refractivity contribution in [2.45, 2.75) is 26.5 Å². The van der Waals surface area contributed by atoms with E-state index in [-0.39, 0.29) is 18.6 Å². The lowest BCUT2D eigenvalue weighted by Crippen LogP contribution is -2.40. The van der Waals surface area contributed by atoms with E-state index in [1.165, 1.54) is 0 Å². The normalized spacial score (nSPS) is 14.5. The molecule has 9 heteroatoms. The standard InChI is InChI=1S/C28H30N4O4S/c1-17(26-12-20(16-37-26)21-7-5-4-6-19(21)15-33)29-27-22-14-25(35-3)23(13-24(22)30-18(2)31-27)28(34)32-8-10-36-11-9-32/h4-7,12-14,16-17,33H,8-11,15H2,1-3H3,(H,29,30,31). The van der Waals surface area contributed by atoms with Gasteiger partial charge in [-0.05, 0) is 54.1 Å². The zero-order valence-corrected chi connectivity index (χ0v) is 22.0. The lowest BCUT2D eigenvalue weighted by atomic mass is 10.0. The number of aliphatic hydroxyl groups excluding tert-OH is 1. The van der Waals surface area contributed by atoms with Crippen molar-refractivity contribution in [2.75, 3.05) is 38.7 Å². The number of nitrogens with zero attached hydrogens (tertiary/aromatic N) is 3. The second-order valence-corrected chi connectivity index (χ2v) is 9.96. The van der Waals surface area contributed by atoms with Gasteiger partial charge >= 0.3 is 0 Å². The van der Waals surface area contributed by atoms with Gasteiger partial charge in [0.05, 0.1) is 44.1 Å². The molecule has 1 aliphatic rings. The molecule has 2 aromatic heterocycles. The Morgan fingerprint density at radius 1 is 1.22 bits per heavy atom. The van der Waals surface area contributed by atoms with Crippen molar-refractivity contribution in [3.05, 3.63) is 69.7 Å². The molecule has 2 N–H and O–H groups in total. The van der Waals surface area contributed by atoms with Crippen molar-refractivity contribution in [3.63, 3.8) is 0 Å². The fourth-order valence-corrected chi connectivity index (χ4v) is 5.51. The van der Waals surface area contributed by atoms with Crippen LogP contribution < -0.4 is 10.1 Å².